The van der Waals surface area contributed by atoms with Crippen molar-refractivity contribution in [2.24, 2.45) is 0 Å². The van der Waals surface area contributed by atoms with Crippen LogP contribution in [0.25, 0.3) is 0 Å². The average Bonchev–Trinajstić information content (AvgIpc) is 1.72. The molecule has 0 unspecified atom stereocenters. The van der Waals surface area contributed by atoms with Gasteiger partial charge in [0.15, 0.2) is 0 Å². The molecule has 38 valence electrons. The fraction of sp³-hybridized carbons (Fsp3) is 0. The van der Waals surface area contributed by atoms with Gasteiger partial charge in [0, 0.05) is 57.9 Å². The second-order valence-electron chi connectivity index (χ2n) is 1.02. The van der Waals surface area contributed by atoms with E-state index in [-0.39, 0.29) is 45.5 Å². The van der Waals surface area contributed by atoms with Gasteiger partial charge in [0.25, 0.3) is 0 Å². The SMILES string of the molecule is [Kr].c1ccncc1. The normalized spacial score (nSPS) is 6.86. The van der Waals surface area contributed by atoms with Gasteiger partial charge in [-0.2, -0.15) is 0 Å². The standard InChI is InChI=1S/C5H5N.Kr/c1-2-4-6-5-3-1;/h1-5H;. The minimum absolute atomic E-state index is 0. The van der Waals surface area contributed by atoms with E-state index in [1.165, 1.54) is 0 Å². The quantitative estimate of drug-likeness (QED) is 0.557. The van der Waals surface area contributed by atoms with Crippen molar-refractivity contribution in [3.05, 3.63) is 30.6 Å². The van der Waals surface area contributed by atoms with Crippen LogP contribution in [0, 0.1) is 45.5 Å². The van der Waals surface area contributed by atoms with E-state index in [9.17, 15) is 0 Å². The van der Waals surface area contributed by atoms with E-state index in [1.54, 1.807) is 12.4 Å². The minimum atomic E-state index is 0. The largest absolute Gasteiger partial charge is 0.265 e. The summed E-state index contributed by atoms with van der Waals surface area (Å²) in [5, 5.41) is 0. The Morgan fingerprint density at radius 1 is 0.857 bits per heavy atom. The number of nitrogens with zero attached hydrogens (tertiary/aromatic N) is 1. The van der Waals surface area contributed by atoms with Gasteiger partial charge in [-0.1, -0.05) is 6.07 Å². The van der Waals surface area contributed by atoms with E-state index in [0.717, 1.165) is 0 Å². The average molecular weight is 163 g/mol. The zero-order chi connectivity index (χ0) is 4.24. The molecule has 0 aromatic carbocycles. The molecule has 1 rings (SSSR count). The number of pyridine rings is 1. The fourth-order valence-corrected chi connectivity index (χ4v) is 0.313. The number of hydrogen-bond acceptors (Lipinski definition) is 1. The summed E-state index contributed by atoms with van der Waals surface area (Å²) in [7, 11) is 0. The number of hydrogen-bond donors (Lipinski definition) is 0. The van der Waals surface area contributed by atoms with Crippen LogP contribution in [0.3, 0.4) is 0 Å². The van der Waals surface area contributed by atoms with Crippen LogP contribution in [0.2, 0.25) is 0 Å². The zero-order valence-corrected chi connectivity index (χ0v) is 5.17. The molecule has 1 aromatic rings. The van der Waals surface area contributed by atoms with Crippen LogP contribution in [0.4, 0.5) is 0 Å². The predicted octanol–water partition coefficient (Wildman–Crippen LogP) is 1.08. The smallest absolute Gasteiger partial charge is 0.0267 e. The molecule has 0 aliphatic rings. The van der Waals surface area contributed by atoms with Crippen LogP contribution in [0.15, 0.2) is 30.6 Å². The Bertz CT molecular complexity index is 80.0. The van der Waals surface area contributed by atoms with E-state index in [2.05, 4.69) is 4.98 Å². The second-order valence-corrected chi connectivity index (χ2v) is 1.02. The van der Waals surface area contributed by atoms with Crippen molar-refractivity contribution < 1.29 is 45.5 Å². The molecule has 0 aliphatic heterocycles. The maximum atomic E-state index is 3.78. The molecule has 0 aliphatic carbocycles. The Hall–Kier alpha value is 0.631. The molecule has 1 aromatic heterocycles. The number of aromatic nitrogens is 1. The first kappa shape index (κ1) is 7.63. The Labute approximate surface area is 80.0 Å². The van der Waals surface area contributed by atoms with Crippen molar-refractivity contribution >= 4 is 0 Å². The maximum Gasteiger partial charge on any atom is 0.0267 e. The third-order valence-electron chi connectivity index (χ3n) is 0.566. The summed E-state index contributed by atoms with van der Waals surface area (Å²) >= 11 is 0. The van der Waals surface area contributed by atoms with Gasteiger partial charge in [-0.05, 0) is 12.1 Å². The first-order valence-corrected chi connectivity index (χ1v) is 1.85. The third-order valence-corrected chi connectivity index (χ3v) is 0.566. The fourth-order valence-electron chi connectivity index (χ4n) is 0.313. The van der Waals surface area contributed by atoms with Crippen LogP contribution in [0.5, 0.6) is 0 Å². The molecule has 1 nitrogen and oxygen atoms in total. The Morgan fingerprint density at radius 3 is 1.57 bits per heavy atom. The first-order chi connectivity index (χ1) is 3.00. The van der Waals surface area contributed by atoms with Crippen LogP contribution < -0.4 is 0 Å². The summed E-state index contributed by atoms with van der Waals surface area (Å²) in [6.07, 6.45) is 3.50. The van der Waals surface area contributed by atoms with Crippen LogP contribution >= 0.6 is 0 Å². The Morgan fingerprint density at radius 2 is 1.43 bits per heavy atom. The van der Waals surface area contributed by atoms with Gasteiger partial charge >= 0.3 is 0 Å². The van der Waals surface area contributed by atoms with Crippen molar-refractivity contribution in [3.8, 4) is 0 Å². The molecule has 0 N–H and O–H groups in total. The summed E-state index contributed by atoms with van der Waals surface area (Å²) in [4.78, 5) is 3.78. The molecule has 0 saturated carbocycles. The molecule has 1 heterocycles. The number of rotatable bonds is 0. The zero-order valence-electron chi connectivity index (χ0n) is 3.69. The van der Waals surface area contributed by atoms with Gasteiger partial charge < -0.3 is 0 Å². The molecule has 0 bridgehead atoms. The van der Waals surface area contributed by atoms with Crippen molar-refractivity contribution in [1.82, 2.24) is 4.98 Å². The van der Waals surface area contributed by atoms with E-state index in [0.29, 0.717) is 0 Å². The summed E-state index contributed by atoms with van der Waals surface area (Å²) in [6.45, 7) is 0. The minimum Gasteiger partial charge on any atom is -0.265 e. The van der Waals surface area contributed by atoms with E-state index >= 15 is 0 Å². The van der Waals surface area contributed by atoms with Gasteiger partial charge in [0.1, 0.15) is 0 Å². The van der Waals surface area contributed by atoms with Crippen molar-refractivity contribution in [2.75, 3.05) is 0 Å². The van der Waals surface area contributed by atoms with Gasteiger partial charge in [-0.15, -0.1) is 0 Å². The van der Waals surface area contributed by atoms with E-state index < -0.39 is 0 Å². The Balaban J connectivity index is 0.000000360. The van der Waals surface area contributed by atoms with E-state index in [1.807, 2.05) is 18.2 Å². The van der Waals surface area contributed by atoms with Crippen molar-refractivity contribution in [1.29, 1.82) is 0 Å². The Kier molecular flexibility index (Phi) is 5.21. The maximum absolute atomic E-state index is 3.78. The molecule has 0 spiro atoms. The summed E-state index contributed by atoms with van der Waals surface area (Å²) in [5.74, 6) is 0. The van der Waals surface area contributed by atoms with Gasteiger partial charge in [-0.3, -0.25) is 4.98 Å². The summed E-state index contributed by atoms with van der Waals surface area (Å²) in [6, 6.07) is 5.72. The molecule has 0 radical (unpaired) electrons. The van der Waals surface area contributed by atoms with Crippen molar-refractivity contribution in [3.63, 3.8) is 0 Å². The van der Waals surface area contributed by atoms with E-state index in [4.69, 9.17) is 0 Å². The van der Waals surface area contributed by atoms with Crippen LogP contribution in [0.1, 0.15) is 0 Å². The molecule has 0 saturated heterocycles. The molecule has 0 amide bonds. The third kappa shape index (κ3) is 3.23. The monoisotopic (exact) mass is 163 g/mol. The molecular formula is C5H5KrN. The van der Waals surface area contributed by atoms with Gasteiger partial charge in [0.2, 0.25) is 0 Å². The van der Waals surface area contributed by atoms with Gasteiger partial charge in [0.05, 0.1) is 0 Å². The molecule has 2 heteroatoms. The van der Waals surface area contributed by atoms with Crippen LogP contribution in [-0.4, -0.2) is 4.98 Å². The molecule has 7 heavy (non-hydrogen) atoms. The van der Waals surface area contributed by atoms with Crippen LogP contribution in [-0.2, 0) is 0 Å². The van der Waals surface area contributed by atoms with Crippen molar-refractivity contribution in [2.45, 2.75) is 0 Å². The second kappa shape index (κ2) is 4.78. The molecular weight excluding hydrogens is 158 g/mol. The first-order valence-electron chi connectivity index (χ1n) is 1.85. The topological polar surface area (TPSA) is 12.9 Å². The predicted molar refractivity (Wildman–Crippen MR) is 24.2 cm³/mol. The summed E-state index contributed by atoms with van der Waals surface area (Å²) < 4.78 is 0. The summed E-state index contributed by atoms with van der Waals surface area (Å²) in [5.41, 5.74) is 0. The molecule has 0 fully saturated rings. The molecule has 0 atom stereocenters. The van der Waals surface area contributed by atoms with Gasteiger partial charge in [-0.25, -0.2) is 0 Å².